The van der Waals surface area contributed by atoms with E-state index in [0.717, 1.165) is 22.7 Å². The first-order valence-corrected chi connectivity index (χ1v) is 7.73. The zero-order valence-electron chi connectivity index (χ0n) is 12.1. The Balaban J connectivity index is 0.00000312. The third kappa shape index (κ3) is 6.25. The van der Waals surface area contributed by atoms with E-state index in [1.165, 1.54) is 30.6 Å². The van der Waals surface area contributed by atoms with Crippen molar-refractivity contribution in [2.24, 2.45) is 21.0 Å². The van der Waals surface area contributed by atoms with Crippen molar-refractivity contribution < 1.29 is 9.85 Å². The van der Waals surface area contributed by atoms with Gasteiger partial charge in [-0.15, -0.1) is 17.5 Å². The highest BCUT2D eigenvalue weighted by atomic mass is 35.5. The molecule has 0 unspecified atom stereocenters. The van der Waals surface area contributed by atoms with Crippen molar-refractivity contribution in [3.63, 3.8) is 0 Å². The minimum absolute atomic E-state index is 0. The molecule has 25 heavy (non-hydrogen) atoms. The second-order valence-electron chi connectivity index (χ2n) is 3.97. The number of hydrogen-bond donors (Lipinski definition) is 2. The first kappa shape index (κ1) is 20.1. The predicted molar refractivity (Wildman–Crippen MR) is 99.1 cm³/mol. The van der Waals surface area contributed by atoms with Crippen molar-refractivity contribution in [2.75, 3.05) is 0 Å². The van der Waals surface area contributed by atoms with E-state index in [-0.39, 0.29) is 28.4 Å². The Morgan fingerprint density at radius 2 is 1.56 bits per heavy atom. The fraction of sp³-hybridized carbons (Fsp3) is 0. The van der Waals surface area contributed by atoms with Crippen LogP contribution in [0.15, 0.2) is 39.6 Å². The van der Waals surface area contributed by atoms with Crippen molar-refractivity contribution in [3.8, 4) is 0 Å². The molecule has 0 amide bonds. The number of rotatable bonds is 6. The van der Waals surface area contributed by atoms with Crippen molar-refractivity contribution >= 4 is 63.5 Å². The lowest BCUT2D eigenvalue weighted by Crippen LogP contribution is -2.26. The van der Waals surface area contributed by atoms with Crippen LogP contribution in [0, 0.1) is 20.2 Å². The van der Waals surface area contributed by atoms with Crippen molar-refractivity contribution in [1.82, 2.24) is 5.43 Å². The summed E-state index contributed by atoms with van der Waals surface area (Å²) in [5, 5.41) is 32.1. The van der Waals surface area contributed by atoms with Crippen LogP contribution in [0.4, 0.5) is 10.0 Å². The summed E-state index contributed by atoms with van der Waals surface area (Å²) in [4.78, 5) is 21.2. The molecule has 3 N–H and O–H groups in total. The molecular weight excluding hydrogens is 394 g/mol. The van der Waals surface area contributed by atoms with E-state index in [9.17, 15) is 20.2 Å². The molecule has 0 radical (unpaired) electrons. The molecule has 0 saturated carbocycles. The molecule has 0 aliphatic heterocycles. The highest BCUT2D eigenvalue weighted by Crippen LogP contribution is 2.23. The van der Waals surface area contributed by atoms with Gasteiger partial charge in [0, 0.05) is 12.1 Å². The Morgan fingerprint density at radius 3 is 2.04 bits per heavy atom. The van der Waals surface area contributed by atoms with E-state index in [1.54, 1.807) is 6.07 Å². The van der Waals surface area contributed by atoms with Crippen LogP contribution in [0.3, 0.4) is 0 Å². The highest BCUT2D eigenvalue weighted by molar-refractivity contribution is 7.17. The second-order valence-corrected chi connectivity index (χ2v) is 6.15. The van der Waals surface area contributed by atoms with E-state index < -0.39 is 9.85 Å². The molecule has 0 aromatic carbocycles. The summed E-state index contributed by atoms with van der Waals surface area (Å²) in [5.74, 6) is -0.111. The van der Waals surface area contributed by atoms with Crippen LogP contribution in [0.5, 0.6) is 0 Å². The topological polar surface area (TPSA) is 161 Å². The molecule has 0 fully saturated rings. The monoisotopic (exact) mass is 403 g/mol. The third-order valence-electron chi connectivity index (χ3n) is 2.31. The number of nitrogens with one attached hydrogen (secondary N) is 1. The standard InChI is InChI=1S/C11H9N7O4S2.ClH/c12-11(15-13-5-7-1-3-9(23-7)17(19)20)16-14-6-8-2-4-10(24-8)18(21)22;/h1-6H,(H3,12,15,16);1H/b13-5-,14-6-;. The summed E-state index contributed by atoms with van der Waals surface area (Å²) in [6.07, 6.45) is 2.67. The largest absolute Gasteiger partial charge is 0.367 e. The zero-order chi connectivity index (χ0) is 17.5. The van der Waals surface area contributed by atoms with Crippen LogP contribution in [0.2, 0.25) is 0 Å². The zero-order valence-corrected chi connectivity index (χ0v) is 14.6. The predicted octanol–water partition coefficient (Wildman–Crippen LogP) is 2.32. The van der Waals surface area contributed by atoms with Gasteiger partial charge < -0.3 is 5.73 Å². The molecule has 0 atom stereocenters. The Labute approximate surface area is 154 Å². The molecule has 0 aliphatic carbocycles. The van der Waals surface area contributed by atoms with Crippen molar-refractivity contribution in [3.05, 3.63) is 54.2 Å². The van der Waals surface area contributed by atoms with Crippen LogP contribution < -0.4 is 11.2 Å². The summed E-state index contributed by atoms with van der Waals surface area (Å²) in [5.41, 5.74) is 7.91. The van der Waals surface area contributed by atoms with Crippen molar-refractivity contribution in [1.29, 1.82) is 0 Å². The molecule has 0 aliphatic rings. The van der Waals surface area contributed by atoms with Gasteiger partial charge in [0.25, 0.3) is 0 Å². The Hall–Kier alpha value is -2.90. The number of hydrogen-bond acceptors (Lipinski definition) is 9. The SMILES string of the molecule is Cl.N/C(=N/N=C\c1ccc([N+](=O)[O-])s1)N/N=C\c1ccc([N+](=O)[O-])s1. The Morgan fingerprint density at radius 1 is 1.04 bits per heavy atom. The molecule has 2 aromatic rings. The van der Waals surface area contributed by atoms with Gasteiger partial charge in [-0.2, -0.15) is 10.2 Å². The molecule has 14 heteroatoms. The van der Waals surface area contributed by atoms with Gasteiger partial charge in [-0.3, -0.25) is 20.2 Å². The Bertz CT molecular complexity index is 845. The van der Waals surface area contributed by atoms with E-state index in [4.69, 9.17) is 5.73 Å². The number of nitro groups is 2. The minimum Gasteiger partial charge on any atom is -0.367 e. The van der Waals surface area contributed by atoms with Crippen LogP contribution >= 0.6 is 35.1 Å². The van der Waals surface area contributed by atoms with Gasteiger partial charge in [0.1, 0.15) is 0 Å². The molecule has 0 spiro atoms. The molecular formula is C11H10ClN7O4S2. The maximum Gasteiger partial charge on any atom is 0.324 e. The summed E-state index contributed by atoms with van der Waals surface area (Å²) in [6, 6.07) is 5.81. The molecule has 2 rings (SSSR count). The highest BCUT2D eigenvalue weighted by Gasteiger charge is 2.08. The van der Waals surface area contributed by atoms with E-state index >= 15 is 0 Å². The van der Waals surface area contributed by atoms with Gasteiger partial charge in [-0.1, -0.05) is 22.7 Å². The molecule has 132 valence electrons. The molecule has 11 nitrogen and oxygen atoms in total. The number of halogens is 1. The fourth-order valence-electron chi connectivity index (χ4n) is 1.35. The van der Waals surface area contributed by atoms with E-state index in [0.29, 0.717) is 9.75 Å². The van der Waals surface area contributed by atoms with Gasteiger partial charge >= 0.3 is 10.0 Å². The maximum atomic E-state index is 10.5. The molecule has 2 aromatic heterocycles. The number of nitrogens with zero attached hydrogens (tertiary/aromatic N) is 5. The summed E-state index contributed by atoms with van der Waals surface area (Å²) < 4.78 is 0. The van der Waals surface area contributed by atoms with Gasteiger partial charge in [0.15, 0.2) is 0 Å². The van der Waals surface area contributed by atoms with Crippen molar-refractivity contribution in [2.45, 2.75) is 0 Å². The van der Waals surface area contributed by atoms with Gasteiger partial charge in [0.05, 0.1) is 32.0 Å². The summed E-state index contributed by atoms with van der Waals surface area (Å²) in [6.45, 7) is 0. The summed E-state index contributed by atoms with van der Waals surface area (Å²) in [7, 11) is 0. The minimum atomic E-state index is -0.495. The van der Waals surface area contributed by atoms with Gasteiger partial charge in [0.2, 0.25) is 5.96 Å². The normalized spacial score (nSPS) is 11.6. The number of hydrazone groups is 1. The maximum absolute atomic E-state index is 10.5. The summed E-state index contributed by atoms with van der Waals surface area (Å²) >= 11 is 1.91. The number of guanidine groups is 1. The average molecular weight is 404 g/mol. The molecule has 0 saturated heterocycles. The third-order valence-corrected chi connectivity index (χ3v) is 4.25. The number of nitrogens with two attached hydrogens (primary N) is 1. The van der Waals surface area contributed by atoms with Crippen LogP contribution in [-0.4, -0.2) is 28.2 Å². The van der Waals surface area contributed by atoms with Crippen LogP contribution in [-0.2, 0) is 0 Å². The second kappa shape index (κ2) is 9.41. The van der Waals surface area contributed by atoms with E-state index in [1.807, 2.05) is 0 Å². The lowest BCUT2D eigenvalue weighted by Gasteiger charge is -1.94. The molecule has 2 heterocycles. The lowest BCUT2D eigenvalue weighted by molar-refractivity contribution is -0.380. The fourth-order valence-corrected chi connectivity index (χ4v) is 2.73. The average Bonchev–Trinajstić information content (AvgIpc) is 3.16. The van der Waals surface area contributed by atoms with Gasteiger partial charge in [-0.25, -0.2) is 5.43 Å². The van der Waals surface area contributed by atoms with Gasteiger partial charge in [-0.05, 0) is 12.1 Å². The smallest absolute Gasteiger partial charge is 0.324 e. The number of thiophene rings is 2. The Kier molecular flexibility index (Phi) is 7.58. The van der Waals surface area contributed by atoms with E-state index in [2.05, 4.69) is 20.7 Å². The van der Waals surface area contributed by atoms with Crippen LogP contribution in [0.25, 0.3) is 0 Å². The van der Waals surface area contributed by atoms with Crippen LogP contribution in [0.1, 0.15) is 9.75 Å². The molecule has 0 bridgehead atoms. The lowest BCUT2D eigenvalue weighted by atomic mass is 10.5. The quantitative estimate of drug-likeness (QED) is 0.325. The first-order chi connectivity index (χ1) is 11.5. The first-order valence-electron chi connectivity index (χ1n) is 6.10.